The van der Waals surface area contributed by atoms with Crippen molar-refractivity contribution in [1.82, 2.24) is 14.9 Å². The van der Waals surface area contributed by atoms with Crippen LogP contribution >= 0.6 is 24.8 Å². The molecule has 134 valence electrons. The number of imidazole rings is 1. The number of carbonyl (C=O) groups is 1. The Bertz CT molecular complexity index is 626. The lowest BCUT2D eigenvalue weighted by atomic mass is 10.1. The van der Waals surface area contributed by atoms with E-state index in [1.807, 2.05) is 37.4 Å². The van der Waals surface area contributed by atoms with E-state index >= 15 is 0 Å². The largest absolute Gasteiger partial charge is 0.347 e. The summed E-state index contributed by atoms with van der Waals surface area (Å²) < 4.78 is 2.06. The third-order valence-electron chi connectivity index (χ3n) is 3.50. The van der Waals surface area contributed by atoms with Gasteiger partial charge in [-0.2, -0.15) is 0 Å². The summed E-state index contributed by atoms with van der Waals surface area (Å²) in [7, 11) is 0. The molecular formula is C17H26Cl2N4O. The molecule has 0 fully saturated rings. The number of benzene rings is 1. The van der Waals surface area contributed by atoms with Crippen molar-refractivity contribution in [3.05, 3.63) is 53.6 Å². The normalized spacial score (nSPS) is 11.4. The van der Waals surface area contributed by atoms with Gasteiger partial charge in [-0.15, -0.1) is 24.8 Å². The number of nitrogens with two attached hydrogens (primary N) is 1. The highest BCUT2D eigenvalue weighted by atomic mass is 35.5. The van der Waals surface area contributed by atoms with Crippen molar-refractivity contribution in [2.45, 2.75) is 39.9 Å². The maximum absolute atomic E-state index is 12.2. The molecule has 5 nitrogen and oxygen atoms in total. The Morgan fingerprint density at radius 2 is 1.88 bits per heavy atom. The van der Waals surface area contributed by atoms with Gasteiger partial charge < -0.3 is 15.6 Å². The zero-order valence-electron chi connectivity index (χ0n) is 14.2. The molecular weight excluding hydrogens is 347 g/mol. The predicted octanol–water partition coefficient (Wildman–Crippen LogP) is 3.01. The molecule has 1 unspecified atom stereocenters. The quantitative estimate of drug-likeness (QED) is 0.818. The molecule has 0 spiro atoms. The first kappa shape index (κ1) is 22.4. The van der Waals surface area contributed by atoms with Crippen molar-refractivity contribution in [3.8, 4) is 0 Å². The van der Waals surface area contributed by atoms with Gasteiger partial charge in [-0.05, 0) is 18.4 Å². The summed E-state index contributed by atoms with van der Waals surface area (Å²) in [5.41, 5.74) is 7.97. The number of nitrogens with one attached hydrogen (secondary N) is 1. The molecule has 2 rings (SSSR count). The lowest BCUT2D eigenvalue weighted by Gasteiger charge is -2.14. The van der Waals surface area contributed by atoms with Crippen LogP contribution in [0.5, 0.6) is 0 Å². The smallest absolute Gasteiger partial charge is 0.241 e. The van der Waals surface area contributed by atoms with E-state index in [0.717, 1.165) is 23.5 Å². The van der Waals surface area contributed by atoms with E-state index in [0.29, 0.717) is 12.5 Å². The Morgan fingerprint density at radius 1 is 1.25 bits per heavy atom. The molecule has 1 aromatic carbocycles. The van der Waals surface area contributed by atoms with Crippen molar-refractivity contribution in [2.24, 2.45) is 11.7 Å². The number of rotatable bonds is 6. The van der Waals surface area contributed by atoms with Crippen molar-refractivity contribution in [1.29, 1.82) is 0 Å². The van der Waals surface area contributed by atoms with Gasteiger partial charge >= 0.3 is 0 Å². The highest BCUT2D eigenvalue weighted by Crippen LogP contribution is 2.12. The van der Waals surface area contributed by atoms with Crippen LogP contribution in [-0.4, -0.2) is 15.5 Å². The number of hydrogen-bond donors (Lipinski definition) is 2. The molecule has 1 aromatic heterocycles. The van der Waals surface area contributed by atoms with Crippen LogP contribution in [0, 0.1) is 12.8 Å². The van der Waals surface area contributed by atoms with Crippen LogP contribution in [0.3, 0.4) is 0 Å². The van der Waals surface area contributed by atoms with Gasteiger partial charge in [-0.1, -0.05) is 43.7 Å². The van der Waals surface area contributed by atoms with Gasteiger partial charge in [0.05, 0.1) is 6.54 Å². The second-order valence-corrected chi connectivity index (χ2v) is 6.00. The van der Waals surface area contributed by atoms with Gasteiger partial charge in [-0.25, -0.2) is 4.98 Å². The minimum absolute atomic E-state index is 0. The minimum Gasteiger partial charge on any atom is -0.347 e. The fourth-order valence-electron chi connectivity index (χ4n) is 2.27. The van der Waals surface area contributed by atoms with E-state index in [2.05, 4.69) is 28.7 Å². The Morgan fingerprint density at radius 3 is 2.46 bits per heavy atom. The van der Waals surface area contributed by atoms with Crippen molar-refractivity contribution in [2.75, 3.05) is 0 Å². The molecule has 0 radical (unpaired) electrons. The first-order valence-electron chi connectivity index (χ1n) is 7.57. The molecule has 1 atom stereocenters. The van der Waals surface area contributed by atoms with Crippen LogP contribution in [0.2, 0.25) is 0 Å². The minimum atomic E-state index is -0.658. The Balaban J connectivity index is 0.00000264. The van der Waals surface area contributed by atoms with Crippen LogP contribution in [0.15, 0.2) is 36.7 Å². The van der Waals surface area contributed by atoms with Crippen molar-refractivity contribution >= 4 is 30.7 Å². The maximum Gasteiger partial charge on any atom is 0.241 e. The van der Waals surface area contributed by atoms with Crippen LogP contribution in [0.25, 0.3) is 0 Å². The average Bonchev–Trinajstić information content (AvgIpc) is 2.91. The first-order valence-corrected chi connectivity index (χ1v) is 7.57. The van der Waals surface area contributed by atoms with Gasteiger partial charge in [-0.3, -0.25) is 4.79 Å². The molecule has 0 aliphatic rings. The second-order valence-electron chi connectivity index (χ2n) is 6.00. The number of aromatic nitrogens is 2. The molecule has 0 aliphatic heterocycles. The molecule has 7 heteroatoms. The number of aryl methyl sites for hydroxylation is 1. The lowest BCUT2D eigenvalue weighted by Crippen LogP contribution is -2.34. The summed E-state index contributed by atoms with van der Waals surface area (Å²) in [6, 6.07) is 7.03. The Hall–Kier alpha value is -1.56. The van der Waals surface area contributed by atoms with Gasteiger partial charge in [0.2, 0.25) is 5.91 Å². The molecule has 0 aliphatic carbocycles. The van der Waals surface area contributed by atoms with E-state index in [1.165, 1.54) is 0 Å². The molecule has 0 saturated heterocycles. The number of halogens is 2. The molecule has 24 heavy (non-hydrogen) atoms. The van der Waals surface area contributed by atoms with Crippen molar-refractivity contribution < 1.29 is 4.79 Å². The number of nitrogens with zero attached hydrogens (tertiary/aromatic N) is 2. The molecule has 3 N–H and O–H groups in total. The lowest BCUT2D eigenvalue weighted by molar-refractivity contribution is -0.122. The average molecular weight is 373 g/mol. The standard InChI is InChI=1S/C17H24N4O.2ClH/c1-12(2)11-21-9-8-19-15(21)10-20-17(22)16(18)14-6-4-13(3)5-7-14;;/h4-9,12,16H,10-11,18H2,1-3H3,(H,20,22);2*1H. The second kappa shape index (κ2) is 10.3. The summed E-state index contributed by atoms with van der Waals surface area (Å²) in [5.74, 6) is 1.18. The first-order chi connectivity index (χ1) is 10.5. The zero-order valence-corrected chi connectivity index (χ0v) is 15.9. The van der Waals surface area contributed by atoms with E-state index in [1.54, 1.807) is 6.20 Å². The third kappa shape index (κ3) is 6.15. The highest BCUT2D eigenvalue weighted by molar-refractivity contribution is 5.85. The molecule has 1 heterocycles. The van der Waals surface area contributed by atoms with Gasteiger partial charge in [0.25, 0.3) is 0 Å². The van der Waals surface area contributed by atoms with Crippen LogP contribution in [0.1, 0.15) is 36.8 Å². The molecule has 1 amide bonds. The summed E-state index contributed by atoms with van der Waals surface area (Å²) in [6.07, 6.45) is 3.69. The summed E-state index contributed by atoms with van der Waals surface area (Å²) in [4.78, 5) is 16.5. The van der Waals surface area contributed by atoms with Crippen LogP contribution in [0.4, 0.5) is 0 Å². The van der Waals surface area contributed by atoms with Gasteiger partial charge in [0.1, 0.15) is 11.9 Å². The summed E-state index contributed by atoms with van der Waals surface area (Å²) in [5, 5.41) is 2.86. The fraction of sp³-hybridized carbons (Fsp3) is 0.412. The molecule has 0 saturated carbocycles. The Labute approximate surface area is 155 Å². The third-order valence-corrected chi connectivity index (χ3v) is 3.50. The van der Waals surface area contributed by atoms with Crippen LogP contribution in [-0.2, 0) is 17.9 Å². The van der Waals surface area contributed by atoms with Gasteiger partial charge in [0.15, 0.2) is 0 Å². The molecule has 2 aromatic rings. The molecule has 0 bridgehead atoms. The number of amides is 1. The van der Waals surface area contributed by atoms with Crippen molar-refractivity contribution in [3.63, 3.8) is 0 Å². The van der Waals surface area contributed by atoms with E-state index in [-0.39, 0.29) is 30.7 Å². The highest BCUT2D eigenvalue weighted by Gasteiger charge is 2.16. The fourth-order valence-corrected chi connectivity index (χ4v) is 2.27. The monoisotopic (exact) mass is 372 g/mol. The van der Waals surface area contributed by atoms with E-state index < -0.39 is 6.04 Å². The SMILES string of the molecule is Cc1ccc(C(N)C(=O)NCc2nccn2CC(C)C)cc1.Cl.Cl. The number of hydrogen-bond acceptors (Lipinski definition) is 3. The van der Waals surface area contributed by atoms with Crippen LogP contribution < -0.4 is 11.1 Å². The summed E-state index contributed by atoms with van der Waals surface area (Å²) >= 11 is 0. The van der Waals surface area contributed by atoms with E-state index in [9.17, 15) is 4.79 Å². The Kier molecular flexibility index (Phi) is 9.66. The predicted molar refractivity (Wildman–Crippen MR) is 102 cm³/mol. The number of carbonyl (C=O) groups excluding carboxylic acids is 1. The maximum atomic E-state index is 12.2. The topological polar surface area (TPSA) is 72.9 Å². The van der Waals surface area contributed by atoms with E-state index in [4.69, 9.17) is 5.73 Å². The zero-order chi connectivity index (χ0) is 16.1. The van der Waals surface area contributed by atoms with Gasteiger partial charge in [0, 0.05) is 18.9 Å². The summed E-state index contributed by atoms with van der Waals surface area (Å²) in [6.45, 7) is 7.57.